The highest BCUT2D eigenvalue weighted by Crippen LogP contribution is 2.42. The Bertz CT molecular complexity index is 1080. The van der Waals surface area contributed by atoms with Gasteiger partial charge in [0.05, 0.1) is 19.3 Å². The average molecular weight is 566 g/mol. The van der Waals surface area contributed by atoms with Gasteiger partial charge in [0.2, 0.25) is 5.91 Å². The van der Waals surface area contributed by atoms with Gasteiger partial charge in [0.25, 0.3) is 0 Å². The molecule has 4 N–H and O–H groups in total. The second-order valence-electron chi connectivity index (χ2n) is 12.6. The van der Waals surface area contributed by atoms with E-state index in [0.717, 1.165) is 44.5 Å². The Morgan fingerprint density at radius 2 is 1.83 bits per heavy atom. The van der Waals surface area contributed by atoms with Gasteiger partial charge in [-0.15, -0.1) is 0 Å². The number of likely N-dealkylation sites (tertiary alicyclic amines) is 1. The molecule has 10 heteroatoms. The fourth-order valence-corrected chi connectivity index (χ4v) is 7.75. The van der Waals surface area contributed by atoms with Crippen molar-refractivity contribution < 1.29 is 14.3 Å². The predicted octanol–water partition coefficient (Wildman–Crippen LogP) is 3.77. The molecule has 3 atom stereocenters. The van der Waals surface area contributed by atoms with Crippen LogP contribution in [0.5, 0.6) is 0 Å². The molecular formula is C31H47N7O3. The summed E-state index contributed by atoms with van der Waals surface area (Å²) < 4.78 is 5.59. The summed E-state index contributed by atoms with van der Waals surface area (Å²) in [6.45, 7) is 4.32. The zero-order chi connectivity index (χ0) is 28.7. The van der Waals surface area contributed by atoms with E-state index in [2.05, 4.69) is 26.3 Å². The summed E-state index contributed by atoms with van der Waals surface area (Å²) in [6.07, 6.45) is 14.2. The minimum Gasteiger partial charge on any atom is -0.378 e. The lowest BCUT2D eigenvalue weighted by Crippen LogP contribution is -2.57. The topological polar surface area (TPSA) is 140 Å². The summed E-state index contributed by atoms with van der Waals surface area (Å²) in [5, 5.41) is 13.7. The Hall–Kier alpha value is -2.90. The Morgan fingerprint density at radius 3 is 2.46 bits per heavy atom. The number of nitrogens with two attached hydrogens (primary N) is 1. The van der Waals surface area contributed by atoms with Crippen molar-refractivity contribution in [3.63, 3.8) is 0 Å². The highest BCUT2D eigenvalue weighted by molar-refractivity contribution is 6.07. The quantitative estimate of drug-likeness (QED) is 0.324. The van der Waals surface area contributed by atoms with Crippen LogP contribution < -0.4 is 11.1 Å². The lowest BCUT2D eigenvalue weighted by molar-refractivity contribution is -0.125. The Morgan fingerprint density at radius 1 is 1.12 bits per heavy atom. The van der Waals surface area contributed by atoms with Gasteiger partial charge in [0.1, 0.15) is 17.3 Å². The maximum absolute atomic E-state index is 14.6. The number of carbonyl (C=O) groups excluding carboxylic acids is 2. The van der Waals surface area contributed by atoms with Crippen molar-refractivity contribution in [1.82, 2.24) is 20.1 Å². The molecule has 1 aromatic rings. The number of morpholine rings is 1. The van der Waals surface area contributed by atoms with E-state index >= 15 is 0 Å². The van der Waals surface area contributed by atoms with Crippen LogP contribution in [-0.2, 0) is 9.53 Å². The van der Waals surface area contributed by atoms with E-state index in [1.54, 1.807) is 0 Å². The maximum atomic E-state index is 14.6. The molecule has 2 saturated heterocycles. The Balaban J connectivity index is 1.46. The van der Waals surface area contributed by atoms with E-state index in [9.17, 15) is 14.9 Å². The van der Waals surface area contributed by atoms with E-state index < -0.39 is 17.5 Å². The molecule has 3 amide bonds. The maximum Gasteiger partial charge on any atom is 0.340 e. The number of amides is 3. The molecule has 0 aromatic carbocycles. The normalized spacial score (nSPS) is 26.8. The van der Waals surface area contributed by atoms with Crippen LogP contribution in [0.15, 0.2) is 23.3 Å². The molecule has 0 radical (unpaired) electrons. The van der Waals surface area contributed by atoms with Crippen molar-refractivity contribution in [2.75, 3.05) is 45.9 Å². The van der Waals surface area contributed by atoms with Crippen molar-refractivity contribution in [1.29, 1.82) is 5.26 Å². The summed E-state index contributed by atoms with van der Waals surface area (Å²) in [7, 11) is 0. The number of amidine groups is 1. The minimum absolute atomic E-state index is 0.221. The van der Waals surface area contributed by atoms with Gasteiger partial charge in [-0.2, -0.15) is 10.3 Å². The van der Waals surface area contributed by atoms with Gasteiger partial charge in [0.15, 0.2) is 0 Å². The highest BCUT2D eigenvalue weighted by atomic mass is 16.5. The number of ether oxygens (including phenoxy) is 1. The molecule has 0 bridgehead atoms. The first-order valence-corrected chi connectivity index (χ1v) is 15.8. The molecule has 1 aromatic heterocycles. The highest BCUT2D eigenvalue weighted by Gasteiger charge is 2.47. The van der Waals surface area contributed by atoms with Gasteiger partial charge >= 0.3 is 6.03 Å². The SMILES string of the molecule is N#CC1(NC(=O)C(C(=NC(N)=O)N2CCOCC2)C(c2ccc[nH]2)C2CCCCC2)CCN(CC2CCCCC2)C1. The zero-order valence-corrected chi connectivity index (χ0v) is 24.4. The van der Waals surface area contributed by atoms with Crippen molar-refractivity contribution >= 4 is 17.8 Å². The molecule has 2 saturated carbocycles. The van der Waals surface area contributed by atoms with Crippen LogP contribution >= 0.6 is 0 Å². The fraction of sp³-hybridized carbons (Fsp3) is 0.742. The summed E-state index contributed by atoms with van der Waals surface area (Å²) in [5.74, 6) is 0.0700. The average Bonchev–Trinajstić information content (AvgIpc) is 3.67. The number of H-pyrrole nitrogens is 1. The number of aromatic nitrogens is 1. The molecule has 5 rings (SSSR count). The summed E-state index contributed by atoms with van der Waals surface area (Å²) in [5.41, 5.74) is 5.66. The molecule has 0 spiro atoms. The largest absolute Gasteiger partial charge is 0.378 e. The molecule has 2 aliphatic heterocycles. The third-order valence-corrected chi connectivity index (χ3v) is 9.78. The molecule has 4 fully saturated rings. The van der Waals surface area contributed by atoms with Crippen LogP contribution in [0.25, 0.3) is 0 Å². The molecule has 10 nitrogen and oxygen atoms in total. The minimum atomic E-state index is -0.973. The fourth-order valence-electron chi connectivity index (χ4n) is 7.75. The van der Waals surface area contributed by atoms with Crippen LogP contribution in [0.4, 0.5) is 4.79 Å². The smallest absolute Gasteiger partial charge is 0.340 e. The lowest BCUT2D eigenvalue weighted by atomic mass is 9.71. The van der Waals surface area contributed by atoms with Crippen molar-refractivity contribution in [2.45, 2.75) is 82.1 Å². The predicted molar refractivity (Wildman–Crippen MR) is 157 cm³/mol. The molecule has 224 valence electrons. The van der Waals surface area contributed by atoms with Crippen LogP contribution in [0.2, 0.25) is 0 Å². The molecular weight excluding hydrogens is 518 g/mol. The number of hydrogen-bond acceptors (Lipinski definition) is 5. The molecule has 3 unspecified atom stereocenters. The first-order valence-electron chi connectivity index (χ1n) is 15.8. The number of aromatic amines is 1. The number of nitrogens with zero attached hydrogens (tertiary/aromatic N) is 4. The lowest BCUT2D eigenvalue weighted by Gasteiger charge is -2.40. The number of urea groups is 1. The van der Waals surface area contributed by atoms with E-state index in [-0.39, 0.29) is 17.7 Å². The monoisotopic (exact) mass is 565 g/mol. The second kappa shape index (κ2) is 13.8. The third-order valence-electron chi connectivity index (χ3n) is 9.78. The summed E-state index contributed by atoms with van der Waals surface area (Å²) >= 11 is 0. The number of nitrogens with one attached hydrogen (secondary N) is 2. The number of aliphatic imine (C=N–C) groups is 1. The third kappa shape index (κ3) is 7.31. The summed E-state index contributed by atoms with van der Waals surface area (Å²) in [6, 6.07) is 5.67. The first kappa shape index (κ1) is 29.6. The number of primary amides is 1. The number of nitriles is 1. The van der Waals surface area contributed by atoms with Gasteiger partial charge in [-0.3, -0.25) is 9.69 Å². The standard InChI is InChI=1S/C31H47N7O3/c32-21-31(13-15-37(22-31)20-23-8-3-1-4-9-23)36-29(39)27(28(35-30(33)40)38-16-18-41-19-17-38)26(25-12-7-14-34-25)24-10-5-2-6-11-24/h7,12,14,23-24,26-27,34H,1-6,8-11,13,15-20,22H2,(H2,33,40)(H,36,39). The van der Waals surface area contributed by atoms with Gasteiger partial charge in [-0.1, -0.05) is 38.5 Å². The van der Waals surface area contributed by atoms with Crippen molar-refractivity contribution in [3.05, 3.63) is 24.0 Å². The Labute approximate surface area is 244 Å². The van der Waals surface area contributed by atoms with Crippen LogP contribution in [0.1, 0.15) is 82.2 Å². The first-order chi connectivity index (χ1) is 20.0. The van der Waals surface area contributed by atoms with E-state index in [1.165, 1.54) is 38.5 Å². The second-order valence-corrected chi connectivity index (χ2v) is 12.6. The Kier molecular flexibility index (Phi) is 9.99. The van der Waals surface area contributed by atoms with Gasteiger partial charge in [0, 0.05) is 50.5 Å². The zero-order valence-electron chi connectivity index (χ0n) is 24.4. The number of rotatable bonds is 8. The van der Waals surface area contributed by atoms with Gasteiger partial charge in [-0.25, -0.2) is 4.79 Å². The van der Waals surface area contributed by atoms with E-state index in [1.807, 2.05) is 23.2 Å². The van der Waals surface area contributed by atoms with E-state index in [0.29, 0.717) is 51.0 Å². The molecule has 41 heavy (non-hydrogen) atoms. The van der Waals surface area contributed by atoms with Crippen LogP contribution in [0.3, 0.4) is 0 Å². The van der Waals surface area contributed by atoms with Crippen molar-refractivity contribution in [2.24, 2.45) is 28.5 Å². The van der Waals surface area contributed by atoms with Crippen LogP contribution in [-0.4, -0.2) is 84.0 Å². The number of carbonyl (C=O) groups is 2. The van der Waals surface area contributed by atoms with Gasteiger partial charge in [-0.05, 0) is 56.1 Å². The summed E-state index contributed by atoms with van der Waals surface area (Å²) in [4.78, 5) is 39.0. The van der Waals surface area contributed by atoms with Gasteiger partial charge < -0.3 is 25.7 Å². The molecule has 2 aliphatic carbocycles. The molecule has 3 heterocycles. The molecule has 4 aliphatic rings. The number of hydrogen-bond donors (Lipinski definition) is 3. The van der Waals surface area contributed by atoms with Crippen LogP contribution in [0, 0.1) is 29.1 Å². The van der Waals surface area contributed by atoms with E-state index in [4.69, 9.17) is 10.5 Å². The van der Waals surface area contributed by atoms with Crippen molar-refractivity contribution in [3.8, 4) is 6.07 Å².